The maximum atomic E-state index is 6.35. The fourth-order valence-electron chi connectivity index (χ4n) is 2.54. The van der Waals surface area contributed by atoms with E-state index in [4.69, 9.17) is 5.73 Å². The molecule has 1 aromatic rings. The van der Waals surface area contributed by atoms with Crippen molar-refractivity contribution in [3.05, 3.63) is 33.8 Å². The van der Waals surface area contributed by atoms with Gasteiger partial charge in [-0.15, -0.1) is 12.4 Å². The van der Waals surface area contributed by atoms with Crippen molar-refractivity contribution in [2.24, 2.45) is 11.7 Å². The molecule has 3 heteroatoms. The van der Waals surface area contributed by atoms with Gasteiger partial charge in [0.1, 0.15) is 0 Å². The summed E-state index contributed by atoms with van der Waals surface area (Å²) in [7, 11) is 0. The Morgan fingerprint density at radius 3 is 2.56 bits per heavy atom. The average molecular weight is 305 g/mol. The van der Waals surface area contributed by atoms with Crippen LogP contribution in [0, 0.1) is 12.8 Å². The lowest BCUT2D eigenvalue weighted by Crippen LogP contribution is -2.20. The first-order valence-corrected chi connectivity index (χ1v) is 6.49. The highest BCUT2D eigenvalue weighted by atomic mass is 79.9. The van der Waals surface area contributed by atoms with E-state index in [1.165, 1.54) is 36.8 Å². The zero-order valence-electron chi connectivity index (χ0n) is 9.58. The molecular weight excluding hydrogens is 286 g/mol. The highest BCUT2D eigenvalue weighted by Crippen LogP contribution is 2.35. The number of aryl methyl sites for hydroxylation is 1. The summed E-state index contributed by atoms with van der Waals surface area (Å²) in [5, 5.41) is 0. The molecule has 1 aromatic carbocycles. The van der Waals surface area contributed by atoms with Crippen molar-refractivity contribution in [3.63, 3.8) is 0 Å². The van der Waals surface area contributed by atoms with Crippen molar-refractivity contribution in [1.82, 2.24) is 0 Å². The Morgan fingerprint density at radius 2 is 1.94 bits per heavy atom. The first-order chi connectivity index (χ1) is 7.18. The highest BCUT2D eigenvalue weighted by molar-refractivity contribution is 9.10. The Labute approximate surface area is 112 Å². The molecule has 16 heavy (non-hydrogen) atoms. The van der Waals surface area contributed by atoms with Crippen molar-refractivity contribution in [2.45, 2.75) is 38.6 Å². The minimum absolute atomic E-state index is 0. The van der Waals surface area contributed by atoms with Crippen molar-refractivity contribution in [2.75, 3.05) is 0 Å². The molecule has 0 aliphatic heterocycles. The summed E-state index contributed by atoms with van der Waals surface area (Å²) in [5.41, 5.74) is 8.98. The van der Waals surface area contributed by atoms with Crippen LogP contribution in [0.4, 0.5) is 0 Å². The maximum absolute atomic E-state index is 6.35. The van der Waals surface area contributed by atoms with E-state index in [0.29, 0.717) is 5.92 Å². The zero-order chi connectivity index (χ0) is 10.8. The van der Waals surface area contributed by atoms with Crippen LogP contribution in [0.2, 0.25) is 0 Å². The summed E-state index contributed by atoms with van der Waals surface area (Å²) in [6, 6.07) is 6.64. The van der Waals surface area contributed by atoms with E-state index < -0.39 is 0 Å². The summed E-state index contributed by atoms with van der Waals surface area (Å²) in [5.74, 6) is 0.693. The largest absolute Gasteiger partial charge is 0.324 e. The average Bonchev–Trinajstić information content (AvgIpc) is 2.74. The molecule has 1 fully saturated rings. The molecule has 0 unspecified atom stereocenters. The second-order valence-electron chi connectivity index (χ2n) is 4.57. The Kier molecular flexibility index (Phi) is 5.29. The molecule has 0 heterocycles. The van der Waals surface area contributed by atoms with Crippen LogP contribution in [0.25, 0.3) is 0 Å². The Bertz CT molecular complexity index is 348. The number of rotatable bonds is 2. The minimum Gasteiger partial charge on any atom is -0.324 e. The van der Waals surface area contributed by atoms with Crippen LogP contribution in [0.3, 0.4) is 0 Å². The van der Waals surface area contributed by atoms with Gasteiger partial charge in [-0.3, -0.25) is 0 Å². The van der Waals surface area contributed by atoms with Gasteiger partial charge in [0.05, 0.1) is 0 Å². The summed E-state index contributed by atoms with van der Waals surface area (Å²) in [6.45, 7) is 2.15. The number of hydrogen-bond donors (Lipinski definition) is 1. The fraction of sp³-hybridized carbons (Fsp3) is 0.538. The summed E-state index contributed by atoms with van der Waals surface area (Å²) in [6.07, 6.45) is 5.30. The van der Waals surface area contributed by atoms with Gasteiger partial charge in [0.15, 0.2) is 0 Å². The number of hydrogen-bond acceptors (Lipinski definition) is 1. The maximum Gasteiger partial charge on any atom is 0.0326 e. The Morgan fingerprint density at radius 1 is 1.31 bits per heavy atom. The van der Waals surface area contributed by atoms with Crippen molar-refractivity contribution in [1.29, 1.82) is 0 Å². The number of benzene rings is 1. The smallest absolute Gasteiger partial charge is 0.0326 e. The monoisotopic (exact) mass is 303 g/mol. The predicted molar refractivity (Wildman–Crippen MR) is 75.0 cm³/mol. The molecule has 1 aliphatic carbocycles. The third kappa shape index (κ3) is 2.99. The van der Waals surface area contributed by atoms with Gasteiger partial charge in [0, 0.05) is 10.5 Å². The SMILES string of the molecule is Cc1ccc(Br)cc1[C@@H](N)C1CCCC1.Cl. The van der Waals surface area contributed by atoms with E-state index in [1.54, 1.807) is 0 Å². The molecule has 90 valence electrons. The topological polar surface area (TPSA) is 26.0 Å². The van der Waals surface area contributed by atoms with Gasteiger partial charge in [-0.25, -0.2) is 0 Å². The van der Waals surface area contributed by atoms with Crippen LogP contribution >= 0.6 is 28.3 Å². The lowest BCUT2D eigenvalue weighted by atomic mass is 9.90. The molecule has 0 spiro atoms. The molecule has 1 aliphatic rings. The van der Waals surface area contributed by atoms with Crippen LogP contribution < -0.4 is 5.73 Å². The van der Waals surface area contributed by atoms with E-state index in [9.17, 15) is 0 Å². The molecule has 2 rings (SSSR count). The van der Waals surface area contributed by atoms with Crippen LogP contribution in [0.1, 0.15) is 42.9 Å². The third-order valence-electron chi connectivity index (χ3n) is 3.51. The molecule has 1 saturated carbocycles. The minimum atomic E-state index is 0. The molecule has 0 aromatic heterocycles. The molecule has 1 nitrogen and oxygen atoms in total. The fourth-order valence-corrected chi connectivity index (χ4v) is 2.92. The Balaban J connectivity index is 0.00000128. The van der Waals surface area contributed by atoms with Gasteiger partial charge in [-0.05, 0) is 48.9 Å². The molecule has 0 saturated heterocycles. The summed E-state index contributed by atoms with van der Waals surface area (Å²) < 4.78 is 1.14. The Hall–Kier alpha value is -0.0500. The van der Waals surface area contributed by atoms with Crippen LogP contribution in [-0.2, 0) is 0 Å². The molecular formula is C13H19BrClN. The van der Waals surface area contributed by atoms with E-state index in [0.717, 1.165) is 4.47 Å². The standard InChI is InChI=1S/C13H18BrN.ClH/c1-9-6-7-11(14)8-12(9)13(15)10-4-2-3-5-10;/h6-8,10,13H,2-5,15H2,1H3;1H/t13-;/m0./s1. The van der Waals surface area contributed by atoms with E-state index in [1.807, 2.05) is 0 Å². The molecule has 2 N–H and O–H groups in total. The predicted octanol–water partition coefficient (Wildman–Crippen LogP) is 4.37. The summed E-state index contributed by atoms with van der Waals surface area (Å²) >= 11 is 3.52. The van der Waals surface area contributed by atoms with E-state index in [-0.39, 0.29) is 18.4 Å². The molecule has 1 atom stereocenters. The summed E-state index contributed by atoms with van der Waals surface area (Å²) in [4.78, 5) is 0. The van der Waals surface area contributed by atoms with Crippen LogP contribution in [0.5, 0.6) is 0 Å². The van der Waals surface area contributed by atoms with Gasteiger partial charge in [0.2, 0.25) is 0 Å². The van der Waals surface area contributed by atoms with Gasteiger partial charge < -0.3 is 5.73 Å². The second-order valence-corrected chi connectivity index (χ2v) is 5.49. The third-order valence-corrected chi connectivity index (χ3v) is 4.00. The molecule has 0 radical (unpaired) electrons. The highest BCUT2D eigenvalue weighted by Gasteiger charge is 2.24. The van der Waals surface area contributed by atoms with E-state index >= 15 is 0 Å². The second kappa shape index (κ2) is 6.04. The van der Waals surface area contributed by atoms with Crippen LogP contribution in [-0.4, -0.2) is 0 Å². The lowest BCUT2D eigenvalue weighted by Gasteiger charge is -2.21. The first-order valence-electron chi connectivity index (χ1n) is 5.70. The van der Waals surface area contributed by atoms with Crippen molar-refractivity contribution in [3.8, 4) is 0 Å². The molecule has 0 amide bonds. The van der Waals surface area contributed by atoms with Crippen molar-refractivity contribution >= 4 is 28.3 Å². The first kappa shape index (κ1) is 14.0. The number of halogens is 2. The van der Waals surface area contributed by atoms with Gasteiger partial charge in [0.25, 0.3) is 0 Å². The number of nitrogens with two attached hydrogens (primary N) is 1. The molecule has 0 bridgehead atoms. The van der Waals surface area contributed by atoms with Crippen molar-refractivity contribution < 1.29 is 0 Å². The lowest BCUT2D eigenvalue weighted by molar-refractivity contribution is 0.443. The normalized spacial score (nSPS) is 18.2. The quantitative estimate of drug-likeness (QED) is 0.862. The van der Waals surface area contributed by atoms with E-state index in [2.05, 4.69) is 41.1 Å². The zero-order valence-corrected chi connectivity index (χ0v) is 12.0. The van der Waals surface area contributed by atoms with Crippen LogP contribution in [0.15, 0.2) is 22.7 Å². The van der Waals surface area contributed by atoms with Gasteiger partial charge in [-0.1, -0.05) is 34.8 Å². The van der Waals surface area contributed by atoms with Gasteiger partial charge in [-0.2, -0.15) is 0 Å². The van der Waals surface area contributed by atoms with Gasteiger partial charge >= 0.3 is 0 Å².